The summed E-state index contributed by atoms with van der Waals surface area (Å²) in [5, 5.41) is 0.803. The molecule has 0 aliphatic rings. The van der Waals surface area contributed by atoms with Gasteiger partial charge in [0.15, 0.2) is 0 Å². The highest BCUT2D eigenvalue weighted by Crippen LogP contribution is 2.33. The first kappa shape index (κ1) is 19.6. The molecule has 2 aromatic carbocycles. The van der Waals surface area contributed by atoms with Gasteiger partial charge in [-0.25, -0.2) is 18.6 Å². The molecule has 0 aliphatic heterocycles. The van der Waals surface area contributed by atoms with E-state index in [1.165, 1.54) is 7.11 Å². The first-order valence-corrected chi connectivity index (χ1v) is 9.17. The van der Waals surface area contributed by atoms with Gasteiger partial charge in [0.05, 0.1) is 32.2 Å². The Kier molecular flexibility index (Phi) is 5.18. The normalized spacial score (nSPS) is 10.9. The lowest BCUT2D eigenvalue weighted by Gasteiger charge is -2.12. The van der Waals surface area contributed by atoms with Gasteiger partial charge < -0.3 is 14.0 Å². The summed E-state index contributed by atoms with van der Waals surface area (Å²) in [5.74, 6) is -0.970. The summed E-state index contributed by atoms with van der Waals surface area (Å²) in [6.45, 7) is 0.242. The van der Waals surface area contributed by atoms with Crippen molar-refractivity contribution in [2.24, 2.45) is 0 Å². The van der Waals surface area contributed by atoms with Gasteiger partial charge >= 0.3 is 5.97 Å². The van der Waals surface area contributed by atoms with Crippen LogP contribution in [0.2, 0.25) is 0 Å². The quantitative estimate of drug-likeness (QED) is 0.444. The van der Waals surface area contributed by atoms with Gasteiger partial charge in [0, 0.05) is 16.5 Å². The summed E-state index contributed by atoms with van der Waals surface area (Å²) >= 11 is 0. The molecular weight excluding hydrogens is 390 g/mol. The minimum Gasteiger partial charge on any atom is -0.497 e. The maximum Gasteiger partial charge on any atom is 0.356 e. The number of esters is 1. The lowest BCUT2D eigenvalue weighted by atomic mass is 10.1. The number of halogens is 2. The molecule has 0 atom stereocenters. The van der Waals surface area contributed by atoms with Crippen LogP contribution in [0.3, 0.4) is 0 Å². The fraction of sp³-hybridized carbons (Fsp3) is 0.130. The van der Waals surface area contributed by atoms with E-state index in [9.17, 15) is 13.6 Å². The lowest BCUT2D eigenvalue weighted by Crippen LogP contribution is -2.09. The zero-order valence-corrected chi connectivity index (χ0v) is 16.4. The number of hydrogen-bond acceptors (Lipinski definition) is 4. The van der Waals surface area contributed by atoms with Crippen molar-refractivity contribution in [1.29, 1.82) is 0 Å². The Morgan fingerprint density at radius 3 is 2.63 bits per heavy atom. The van der Waals surface area contributed by atoms with Crippen molar-refractivity contribution in [3.63, 3.8) is 0 Å². The minimum absolute atomic E-state index is 0.134. The second kappa shape index (κ2) is 7.94. The van der Waals surface area contributed by atoms with E-state index in [-0.39, 0.29) is 17.8 Å². The zero-order valence-electron chi connectivity index (χ0n) is 16.4. The Labute approximate surface area is 171 Å². The number of benzene rings is 2. The van der Waals surface area contributed by atoms with Crippen LogP contribution in [0.5, 0.6) is 5.75 Å². The third-order valence-corrected chi connectivity index (χ3v) is 4.83. The first-order chi connectivity index (χ1) is 14.5. The maximum atomic E-state index is 14.6. The average Bonchev–Trinajstić information content (AvgIpc) is 3.12. The topological polar surface area (TPSA) is 53.4 Å². The van der Waals surface area contributed by atoms with E-state index in [1.54, 1.807) is 37.4 Å². The van der Waals surface area contributed by atoms with Crippen LogP contribution >= 0.6 is 0 Å². The van der Waals surface area contributed by atoms with E-state index >= 15 is 0 Å². The Balaban J connectivity index is 1.89. The molecule has 0 fully saturated rings. The molecule has 0 amide bonds. The summed E-state index contributed by atoms with van der Waals surface area (Å²) in [6, 6.07) is 15.6. The molecule has 152 valence electrons. The number of ether oxygens (including phenoxy) is 2. The molecule has 4 aromatic rings. The van der Waals surface area contributed by atoms with Crippen molar-refractivity contribution < 1.29 is 23.0 Å². The molecule has 0 spiro atoms. The van der Waals surface area contributed by atoms with Gasteiger partial charge in [-0.05, 0) is 54.6 Å². The van der Waals surface area contributed by atoms with Crippen LogP contribution < -0.4 is 4.74 Å². The predicted octanol–water partition coefficient (Wildman–Crippen LogP) is 4.83. The predicted molar refractivity (Wildman–Crippen MR) is 109 cm³/mol. The van der Waals surface area contributed by atoms with Crippen molar-refractivity contribution in [3.8, 4) is 17.0 Å². The van der Waals surface area contributed by atoms with Crippen molar-refractivity contribution >= 4 is 16.9 Å². The highest BCUT2D eigenvalue weighted by molar-refractivity contribution is 5.89. The summed E-state index contributed by atoms with van der Waals surface area (Å²) in [6.07, 6.45) is 0. The van der Waals surface area contributed by atoms with Gasteiger partial charge in [-0.3, -0.25) is 0 Å². The molecule has 0 bridgehead atoms. The second-order valence-electron chi connectivity index (χ2n) is 6.67. The number of rotatable bonds is 5. The van der Waals surface area contributed by atoms with Crippen molar-refractivity contribution in [3.05, 3.63) is 83.7 Å². The number of hydrogen-bond donors (Lipinski definition) is 0. The molecule has 7 heteroatoms. The molecule has 0 saturated heterocycles. The molecule has 2 aromatic heterocycles. The Hall–Kier alpha value is -3.74. The smallest absolute Gasteiger partial charge is 0.356 e. The highest BCUT2D eigenvalue weighted by Gasteiger charge is 2.17. The molecule has 5 nitrogen and oxygen atoms in total. The third kappa shape index (κ3) is 3.61. The van der Waals surface area contributed by atoms with E-state index in [4.69, 9.17) is 9.47 Å². The Bertz CT molecular complexity index is 1250. The van der Waals surface area contributed by atoms with E-state index in [0.29, 0.717) is 17.1 Å². The number of carbonyl (C=O) groups is 1. The van der Waals surface area contributed by atoms with E-state index in [0.717, 1.165) is 29.1 Å². The summed E-state index contributed by atoms with van der Waals surface area (Å²) in [5.41, 5.74) is 2.16. The standard InChI is InChI=1S/C23H18F2N2O3/c1-29-17-7-9-21-14(10-17)11-22(18-12-15(24)6-8-19(18)25)27(21)13-16-4-3-5-20(26-16)23(28)30-2/h3-12H,13H2,1-2H3. The van der Waals surface area contributed by atoms with Crippen LogP contribution in [0.15, 0.2) is 60.7 Å². The van der Waals surface area contributed by atoms with Gasteiger partial charge in [0.2, 0.25) is 0 Å². The lowest BCUT2D eigenvalue weighted by molar-refractivity contribution is 0.0593. The fourth-order valence-electron chi connectivity index (χ4n) is 3.41. The van der Waals surface area contributed by atoms with E-state index in [1.807, 2.05) is 16.7 Å². The van der Waals surface area contributed by atoms with Crippen molar-refractivity contribution in [2.75, 3.05) is 14.2 Å². The van der Waals surface area contributed by atoms with Crippen LogP contribution in [0.4, 0.5) is 8.78 Å². The Morgan fingerprint density at radius 1 is 1.03 bits per heavy atom. The molecule has 4 rings (SSSR count). The number of methoxy groups -OCH3 is 2. The summed E-state index contributed by atoms with van der Waals surface area (Å²) in [7, 11) is 2.85. The molecule has 0 radical (unpaired) electrons. The van der Waals surface area contributed by atoms with Crippen LogP contribution in [0, 0.1) is 11.6 Å². The first-order valence-electron chi connectivity index (χ1n) is 9.17. The monoisotopic (exact) mass is 408 g/mol. The Morgan fingerprint density at radius 2 is 1.87 bits per heavy atom. The van der Waals surface area contributed by atoms with Gasteiger partial charge in [-0.2, -0.15) is 0 Å². The molecule has 2 heterocycles. The molecule has 30 heavy (non-hydrogen) atoms. The third-order valence-electron chi connectivity index (χ3n) is 4.83. The molecule has 0 aliphatic carbocycles. The van der Waals surface area contributed by atoms with Crippen LogP contribution in [-0.2, 0) is 11.3 Å². The highest BCUT2D eigenvalue weighted by atomic mass is 19.1. The number of carbonyl (C=O) groups excluding carboxylic acids is 1. The number of nitrogens with zero attached hydrogens (tertiary/aromatic N) is 2. The summed E-state index contributed by atoms with van der Waals surface area (Å²) in [4.78, 5) is 16.2. The van der Waals surface area contributed by atoms with E-state index in [2.05, 4.69) is 4.98 Å². The SMILES string of the molecule is COC(=O)c1cccc(Cn2c(-c3cc(F)ccc3F)cc3cc(OC)ccc32)n1. The van der Waals surface area contributed by atoms with Gasteiger partial charge in [0.25, 0.3) is 0 Å². The van der Waals surface area contributed by atoms with E-state index < -0.39 is 17.6 Å². The van der Waals surface area contributed by atoms with Crippen LogP contribution in [-0.4, -0.2) is 29.7 Å². The summed E-state index contributed by atoms with van der Waals surface area (Å²) < 4.78 is 40.3. The number of fused-ring (bicyclic) bond motifs is 1. The largest absolute Gasteiger partial charge is 0.497 e. The zero-order chi connectivity index (χ0) is 21.3. The van der Waals surface area contributed by atoms with Crippen LogP contribution in [0.25, 0.3) is 22.2 Å². The van der Waals surface area contributed by atoms with Gasteiger partial charge in [-0.15, -0.1) is 0 Å². The number of pyridine rings is 1. The molecule has 0 unspecified atom stereocenters. The molecular formula is C23H18F2N2O3. The fourth-order valence-corrected chi connectivity index (χ4v) is 3.41. The number of aromatic nitrogens is 2. The van der Waals surface area contributed by atoms with Crippen LogP contribution in [0.1, 0.15) is 16.2 Å². The minimum atomic E-state index is -0.546. The van der Waals surface area contributed by atoms with Crippen molar-refractivity contribution in [1.82, 2.24) is 9.55 Å². The average molecular weight is 408 g/mol. The second-order valence-corrected chi connectivity index (χ2v) is 6.67. The van der Waals surface area contributed by atoms with Gasteiger partial charge in [0.1, 0.15) is 23.1 Å². The van der Waals surface area contributed by atoms with Gasteiger partial charge in [-0.1, -0.05) is 6.07 Å². The molecule has 0 N–H and O–H groups in total. The maximum absolute atomic E-state index is 14.6. The van der Waals surface area contributed by atoms with Crippen molar-refractivity contribution in [2.45, 2.75) is 6.54 Å². The molecule has 0 saturated carbocycles.